The number of methoxy groups -OCH3 is 1. The molecule has 0 saturated carbocycles. The van der Waals surface area contributed by atoms with Crippen LogP contribution < -0.4 is 5.73 Å². The van der Waals surface area contributed by atoms with Crippen LogP contribution in [0, 0.1) is 0 Å². The minimum Gasteiger partial charge on any atom is -0.399 e. The van der Waals surface area contributed by atoms with Crippen molar-refractivity contribution < 1.29 is 9.47 Å². The monoisotopic (exact) mass is 300 g/mol. The topological polar surface area (TPSA) is 47.7 Å². The Kier molecular flexibility index (Phi) is 7.92. The van der Waals surface area contributed by atoms with Crippen molar-refractivity contribution in [2.45, 2.75) is 25.5 Å². The number of rotatable bonds is 6. The molecule has 114 valence electrons. The van der Waals surface area contributed by atoms with E-state index in [2.05, 4.69) is 17.0 Å². The van der Waals surface area contributed by atoms with Crippen molar-refractivity contribution in [1.82, 2.24) is 4.90 Å². The van der Waals surface area contributed by atoms with Crippen molar-refractivity contribution >= 4 is 18.1 Å². The largest absolute Gasteiger partial charge is 0.399 e. The second-order valence-corrected chi connectivity index (χ2v) is 5.08. The van der Waals surface area contributed by atoms with Crippen molar-refractivity contribution in [3.05, 3.63) is 29.8 Å². The third-order valence-electron chi connectivity index (χ3n) is 3.53. The average molecular weight is 301 g/mol. The molecule has 1 aromatic rings. The van der Waals surface area contributed by atoms with Crippen LogP contribution in [0.5, 0.6) is 0 Å². The third kappa shape index (κ3) is 5.67. The van der Waals surface area contributed by atoms with Gasteiger partial charge in [-0.25, -0.2) is 0 Å². The molecular formula is C15H25ClN2O2. The van der Waals surface area contributed by atoms with Crippen LogP contribution >= 0.6 is 12.4 Å². The van der Waals surface area contributed by atoms with E-state index < -0.39 is 0 Å². The lowest BCUT2D eigenvalue weighted by atomic mass is 10.1. The van der Waals surface area contributed by atoms with Crippen LogP contribution in [0.2, 0.25) is 0 Å². The van der Waals surface area contributed by atoms with Gasteiger partial charge in [-0.1, -0.05) is 12.1 Å². The minimum absolute atomic E-state index is 0. The Morgan fingerprint density at radius 2 is 2.00 bits per heavy atom. The summed E-state index contributed by atoms with van der Waals surface area (Å²) in [5, 5.41) is 0. The van der Waals surface area contributed by atoms with E-state index in [9.17, 15) is 0 Å². The van der Waals surface area contributed by atoms with Gasteiger partial charge >= 0.3 is 0 Å². The number of likely N-dealkylation sites (tertiary alicyclic amines) is 1. The molecule has 0 aliphatic carbocycles. The van der Waals surface area contributed by atoms with Crippen LogP contribution in [-0.2, 0) is 16.0 Å². The maximum absolute atomic E-state index is 5.80. The summed E-state index contributed by atoms with van der Waals surface area (Å²) in [5.41, 5.74) is 7.94. The molecule has 1 fully saturated rings. The van der Waals surface area contributed by atoms with Gasteiger partial charge in [0.2, 0.25) is 0 Å². The lowest BCUT2D eigenvalue weighted by Crippen LogP contribution is -2.36. The molecule has 5 heteroatoms. The fourth-order valence-corrected chi connectivity index (χ4v) is 2.48. The summed E-state index contributed by atoms with van der Waals surface area (Å²) < 4.78 is 10.8. The number of benzene rings is 1. The number of anilines is 1. The SMILES string of the molecule is COCCOC1CCN(Cc2cccc(N)c2)CC1.Cl. The quantitative estimate of drug-likeness (QED) is 0.647. The summed E-state index contributed by atoms with van der Waals surface area (Å²) in [6.45, 7) is 4.55. The van der Waals surface area contributed by atoms with Crippen LogP contribution in [0.4, 0.5) is 5.69 Å². The molecule has 1 aliphatic heterocycles. The third-order valence-corrected chi connectivity index (χ3v) is 3.53. The average Bonchev–Trinajstić information content (AvgIpc) is 2.41. The van der Waals surface area contributed by atoms with E-state index in [4.69, 9.17) is 15.2 Å². The molecule has 0 unspecified atom stereocenters. The van der Waals surface area contributed by atoms with Crippen molar-refractivity contribution in [3.8, 4) is 0 Å². The van der Waals surface area contributed by atoms with Crippen LogP contribution in [0.15, 0.2) is 24.3 Å². The first-order chi connectivity index (χ1) is 9.28. The number of ether oxygens (including phenoxy) is 2. The minimum atomic E-state index is 0. The second-order valence-electron chi connectivity index (χ2n) is 5.08. The smallest absolute Gasteiger partial charge is 0.0704 e. The normalized spacial score (nSPS) is 16.9. The van der Waals surface area contributed by atoms with Gasteiger partial charge in [0.05, 0.1) is 19.3 Å². The van der Waals surface area contributed by atoms with Gasteiger partial charge in [0, 0.05) is 32.4 Å². The number of nitrogen functional groups attached to an aromatic ring is 1. The molecule has 1 heterocycles. The van der Waals surface area contributed by atoms with Gasteiger partial charge in [0.25, 0.3) is 0 Å². The first-order valence-electron chi connectivity index (χ1n) is 6.95. The summed E-state index contributed by atoms with van der Waals surface area (Å²) >= 11 is 0. The van der Waals surface area contributed by atoms with Crippen molar-refractivity contribution in [1.29, 1.82) is 0 Å². The Balaban J connectivity index is 0.00000200. The number of piperidine rings is 1. The highest BCUT2D eigenvalue weighted by Crippen LogP contribution is 2.17. The molecule has 1 aromatic carbocycles. The Morgan fingerprint density at radius 3 is 2.65 bits per heavy atom. The Bertz CT molecular complexity index is 382. The van der Waals surface area contributed by atoms with E-state index in [0.29, 0.717) is 19.3 Å². The number of hydrogen-bond acceptors (Lipinski definition) is 4. The first kappa shape index (κ1) is 17.2. The Hall–Kier alpha value is -0.810. The molecule has 20 heavy (non-hydrogen) atoms. The Morgan fingerprint density at radius 1 is 1.25 bits per heavy atom. The number of nitrogens with zero attached hydrogens (tertiary/aromatic N) is 1. The molecule has 0 amide bonds. The summed E-state index contributed by atoms with van der Waals surface area (Å²) in [6.07, 6.45) is 2.60. The van der Waals surface area contributed by atoms with Crippen LogP contribution in [0.25, 0.3) is 0 Å². The molecule has 0 spiro atoms. The highest BCUT2D eigenvalue weighted by molar-refractivity contribution is 5.85. The number of hydrogen-bond donors (Lipinski definition) is 1. The van der Waals surface area contributed by atoms with Gasteiger partial charge < -0.3 is 15.2 Å². The lowest BCUT2D eigenvalue weighted by Gasteiger charge is -2.31. The Labute approximate surface area is 127 Å². The van der Waals surface area contributed by atoms with E-state index in [1.807, 2.05) is 12.1 Å². The molecule has 0 bridgehead atoms. The molecule has 1 saturated heterocycles. The van der Waals surface area contributed by atoms with Crippen molar-refractivity contribution in [3.63, 3.8) is 0 Å². The van der Waals surface area contributed by atoms with E-state index in [1.54, 1.807) is 7.11 Å². The maximum Gasteiger partial charge on any atom is 0.0704 e. The lowest BCUT2D eigenvalue weighted by molar-refractivity contribution is -0.0158. The van der Waals surface area contributed by atoms with Gasteiger partial charge in [0.15, 0.2) is 0 Å². The van der Waals surface area contributed by atoms with Crippen LogP contribution in [0.3, 0.4) is 0 Å². The summed E-state index contributed by atoms with van der Waals surface area (Å²) in [4.78, 5) is 2.46. The molecule has 1 aliphatic rings. The van der Waals surface area contributed by atoms with E-state index in [0.717, 1.165) is 38.2 Å². The molecule has 4 nitrogen and oxygen atoms in total. The van der Waals surface area contributed by atoms with Gasteiger partial charge in [-0.05, 0) is 30.5 Å². The summed E-state index contributed by atoms with van der Waals surface area (Å²) in [5.74, 6) is 0. The molecule has 2 N–H and O–H groups in total. The molecule has 0 aromatic heterocycles. The maximum atomic E-state index is 5.80. The summed E-state index contributed by atoms with van der Waals surface area (Å²) in [6, 6.07) is 8.14. The van der Waals surface area contributed by atoms with Crippen LogP contribution in [-0.4, -0.2) is 44.4 Å². The van der Waals surface area contributed by atoms with Gasteiger partial charge in [-0.15, -0.1) is 12.4 Å². The van der Waals surface area contributed by atoms with Gasteiger partial charge in [-0.3, -0.25) is 4.90 Å². The highest BCUT2D eigenvalue weighted by Gasteiger charge is 2.19. The zero-order chi connectivity index (χ0) is 13.5. The fraction of sp³-hybridized carbons (Fsp3) is 0.600. The zero-order valence-corrected chi connectivity index (χ0v) is 12.9. The summed E-state index contributed by atoms with van der Waals surface area (Å²) in [7, 11) is 1.71. The van der Waals surface area contributed by atoms with E-state index >= 15 is 0 Å². The standard InChI is InChI=1S/C15H24N2O2.ClH/c1-18-9-10-19-15-5-7-17(8-6-15)12-13-3-2-4-14(16)11-13;/h2-4,11,15H,5-10,12,16H2,1H3;1H. The molecule has 2 rings (SSSR count). The molecular weight excluding hydrogens is 276 g/mol. The van der Waals surface area contributed by atoms with E-state index in [-0.39, 0.29) is 12.4 Å². The first-order valence-corrected chi connectivity index (χ1v) is 6.95. The van der Waals surface area contributed by atoms with Gasteiger partial charge in [-0.2, -0.15) is 0 Å². The zero-order valence-electron chi connectivity index (χ0n) is 12.1. The van der Waals surface area contributed by atoms with E-state index in [1.165, 1.54) is 5.56 Å². The van der Waals surface area contributed by atoms with Crippen LogP contribution in [0.1, 0.15) is 18.4 Å². The number of halogens is 1. The predicted molar refractivity (Wildman–Crippen MR) is 84.2 cm³/mol. The van der Waals surface area contributed by atoms with Gasteiger partial charge in [0.1, 0.15) is 0 Å². The highest BCUT2D eigenvalue weighted by atomic mass is 35.5. The predicted octanol–water partition coefficient (Wildman–Crippen LogP) is 2.32. The second kappa shape index (κ2) is 9.19. The fourth-order valence-electron chi connectivity index (χ4n) is 2.48. The number of nitrogens with two attached hydrogens (primary N) is 1. The molecule has 0 radical (unpaired) electrons. The molecule has 0 atom stereocenters. The van der Waals surface area contributed by atoms with Crippen molar-refractivity contribution in [2.24, 2.45) is 0 Å². The van der Waals surface area contributed by atoms with Crippen molar-refractivity contribution in [2.75, 3.05) is 39.1 Å².